The number of rotatable bonds is 7. The monoisotopic (exact) mass is 329 g/mol. The third-order valence-electron chi connectivity index (χ3n) is 4.80. The molecule has 0 saturated carbocycles. The van der Waals surface area contributed by atoms with E-state index >= 15 is 0 Å². The Labute approximate surface area is 143 Å². The van der Waals surface area contributed by atoms with Crippen LogP contribution in [0.3, 0.4) is 0 Å². The van der Waals surface area contributed by atoms with Crippen LogP contribution >= 0.6 is 0 Å². The van der Waals surface area contributed by atoms with E-state index in [0.717, 1.165) is 44.1 Å². The van der Waals surface area contributed by atoms with Gasteiger partial charge in [-0.2, -0.15) is 0 Å². The second-order valence-corrected chi connectivity index (χ2v) is 6.61. The Morgan fingerprint density at radius 2 is 2.17 bits per heavy atom. The summed E-state index contributed by atoms with van der Waals surface area (Å²) in [6.45, 7) is 4.00. The Morgan fingerprint density at radius 1 is 1.29 bits per heavy atom. The van der Waals surface area contributed by atoms with Crippen molar-refractivity contribution in [2.45, 2.75) is 38.5 Å². The van der Waals surface area contributed by atoms with E-state index in [4.69, 9.17) is 9.52 Å². The van der Waals surface area contributed by atoms with Gasteiger partial charge in [-0.05, 0) is 50.7 Å². The van der Waals surface area contributed by atoms with E-state index in [2.05, 4.69) is 34.0 Å². The lowest BCUT2D eigenvalue weighted by molar-refractivity contribution is 0.106. The first-order valence-corrected chi connectivity index (χ1v) is 8.75. The number of pyridine rings is 1. The molecule has 5 nitrogen and oxygen atoms in total. The quantitative estimate of drug-likeness (QED) is 0.845. The van der Waals surface area contributed by atoms with E-state index in [0.29, 0.717) is 11.8 Å². The molecule has 1 aliphatic heterocycles. The Hall–Kier alpha value is -1.69. The van der Waals surface area contributed by atoms with Gasteiger partial charge in [0, 0.05) is 37.4 Å². The van der Waals surface area contributed by atoms with E-state index in [1.165, 1.54) is 12.8 Å². The zero-order chi connectivity index (χ0) is 16.8. The summed E-state index contributed by atoms with van der Waals surface area (Å²) in [7, 11) is 2.22. The number of furan rings is 1. The smallest absolute Gasteiger partial charge is 0.129 e. The van der Waals surface area contributed by atoms with Gasteiger partial charge in [0.05, 0.1) is 6.54 Å². The molecule has 1 aliphatic rings. The van der Waals surface area contributed by atoms with Gasteiger partial charge in [0.15, 0.2) is 0 Å². The molecule has 24 heavy (non-hydrogen) atoms. The topological polar surface area (TPSA) is 52.7 Å². The first kappa shape index (κ1) is 17.1. The molecule has 0 bridgehead atoms. The molecule has 1 saturated heterocycles. The highest BCUT2D eigenvalue weighted by molar-refractivity contribution is 5.07. The number of aliphatic hydroxyl groups is 1. The van der Waals surface area contributed by atoms with Gasteiger partial charge in [-0.15, -0.1) is 0 Å². The van der Waals surface area contributed by atoms with Crippen molar-refractivity contribution < 1.29 is 9.52 Å². The number of hydrogen-bond donors (Lipinski definition) is 1. The average molecular weight is 329 g/mol. The van der Waals surface area contributed by atoms with Gasteiger partial charge in [0.1, 0.15) is 18.1 Å². The maximum atomic E-state index is 9.11. The van der Waals surface area contributed by atoms with Crippen molar-refractivity contribution >= 4 is 0 Å². The highest BCUT2D eigenvalue weighted by Crippen LogP contribution is 2.18. The molecule has 5 heteroatoms. The lowest BCUT2D eigenvalue weighted by Gasteiger charge is -2.37. The first-order chi connectivity index (χ1) is 11.7. The van der Waals surface area contributed by atoms with Crippen molar-refractivity contribution in [1.29, 1.82) is 0 Å². The Kier molecular flexibility index (Phi) is 6.01. The predicted octanol–water partition coefficient (Wildman–Crippen LogP) is 2.31. The van der Waals surface area contributed by atoms with Crippen molar-refractivity contribution in [2.24, 2.45) is 0 Å². The molecule has 3 heterocycles. The number of likely N-dealkylation sites (tertiary alicyclic amines) is 1. The summed E-state index contributed by atoms with van der Waals surface area (Å²) < 4.78 is 5.62. The lowest BCUT2D eigenvalue weighted by Crippen LogP contribution is -2.46. The number of aliphatic hydroxyl groups excluding tert-OH is 1. The van der Waals surface area contributed by atoms with Crippen LogP contribution in [-0.4, -0.2) is 52.6 Å². The van der Waals surface area contributed by atoms with Gasteiger partial charge in [-0.25, -0.2) is 0 Å². The van der Waals surface area contributed by atoms with Crippen LogP contribution in [0.4, 0.5) is 0 Å². The maximum Gasteiger partial charge on any atom is 0.129 e. The first-order valence-electron chi connectivity index (χ1n) is 8.75. The Bertz CT molecular complexity index is 614. The molecule has 2 aromatic rings. The predicted molar refractivity (Wildman–Crippen MR) is 93.5 cm³/mol. The van der Waals surface area contributed by atoms with Gasteiger partial charge in [-0.3, -0.25) is 9.88 Å². The van der Waals surface area contributed by atoms with Crippen LogP contribution in [0.2, 0.25) is 0 Å². The van der Waals surface area contributed by atoms with E-state index in [1.807, 2.05) is 24.4 Å². The summed E-state index contributed by atoms with van der Waals surface area (Å²) in [4.78, 5) is 9.32. The van der Waals surface area contributed by atoms with Crippen LogP contribution in [0, 0.1) is 0 Å². The van der Waals surface area contributed by atoms with E-state index in [-0.39, 0.29) is 6.61 Å². The second-order valence-electron chi connectivity index (χ2n) is 6.61. The van der Waals surface area contributed by atoms with Crippen molar-refractivity contribution in [1.82, 2.24) is 14.8 Å². The number of likely N-dealkylation sites (N-methyl/N-ethyl adjacent to an activating group) is 1. The molecular formula is C19H27N3O2. The van der Waals surface area contributed by atoms with Crippen LogP contribution in [0.5, 0.6) is 0 Å². The summed E-state index contributed by atoms with van der Waals surface area (Å²) in [5.41, 5.74) is 1.16. The minimum atomic E-state index is -0.0289. The molecule has 0 unspecified atom stereocenters. The van der Waals surface area contributed by atoms with Gasteiger partial charge in [0.25, 0.3) is 0 Å². The molecule has 0 aliphatic carbocycles. The Balaban J connectivity index is 1.49. The molecule has 130 valence electrons. The van der Waals surface area contributed by atoms with Crippen molar-refractivity contribution in [3.05, 3.63) is 53.7 Å². The molecule has 0 aromatic carbocycles. The van der Waals surface area contributed by atoms with Gasteiger partial charge in [0.2, 0.25) is 0 Å². The van der Waals surface area contributed by atoms with Gasteiger partial charge >= 0.3 is 0 Å². The third kappa shape index (κ3) is 4.66. The fraction of sp³-hybridized carbons (Fsp3) is 0.526. The van der Waals surface area contributed by atoms with E-state index in [1.54, 1.807) is 0 Å². The number of aromatic nitrogens is 1. The number of piperidine rings is 1. The summed E-state index contributed by atoms with van der Waals surface area (Å²) in [6, 6.07) is 10.5. The molecular weight excluding hydrogens is 302 g/mol. The minimum absolute atomic E-state index is 0.0289. The third-order valence-corrected chi connectivity index (χ3v) is 4.80. The molecule has 3 rings (SSSR count). The Morgan fingerprint density at radius 3 is 2.92 bits per heavy atom. The molecule has 1 N–H and O–H groups in total. The normalized spacial score (nSPS) is 19.0. The van der Waals surface area contributed by atoms with Crippen molar-refractivity contribution in [2.75, 3.05) is 26.7 Å². The highest BCUT2D eigenvalue weighted by Gasteiger charge is 2.23. The fourth-order valence-corrected chi connectivity index (χ4v) is 3.37. The van der Waals surface area contributed by atoms with Crippen LogP contribution < -0.4 is 0 Å². The van der Waals surface area contributed by atoms with Crippen molar-refractivity contribution in [3.8, 4) is 0 Å². The van der Waals surface area contributed by atoms with E-state index in [9.17, 15) is 0 Å². The van der Waals surface area contributed by atoms with Crippen LogP contribution in [-0.2, 0) is 19.6 Å². The zero-order valence-electron chi connectivity index (χ0n) is 14.4. The van der Waals surface area contributed by atoms with E-state index < -0.39 is 0 Å². The maximum absolute atomic E-state index is 9.11. The molecule has 0 spiro atoms. The molecule has 1 fully saturated rings. The summed E-state index contributed by atoms with van der Waals surface area (Å²) >= 11 is 0. The summed E-state index contributed by atoms with van der Waals surface area (Å²) in [5, 5.41) is 9.11. The second kappa shape index (κ2) is 8.42. The highest BCUT2D eigenvalue weighted by atomic mass is 16.4. The average Bonchev–Trinajstić information content (AvgIpc) is 3.08. The largest absolute Gasteiger partial charge is 0.462 e. The van der Waals surface area contributed by atoms with Crippen LogP contribution in [0.25, 0.3) is 0 Å². The van der Waals surface area contributed by atoms with Gasteiger partial charge in [-0.1, -0.05) is 6.07 Å². The molecule has 0 radical (unpaired) electrons. The molecule has 1 atom stereocenters. The van der Waals surface area contributed by atoms with Crippen LogP contribution in [0.15, 0.2) is 40.9 Å². The van der Waals surface area contributed by atoms with Crippen molar-refractivity contribution in [3.63, 3.8) is 0 Å². The fourth-order valence-electron chi connectivity index (χ4n) is 3.37. The number of nitrogens with zero attached hydrogens (tertiary/aromatic N) is 3. The number of hydrogen-bond acceptors (Lipinski definition) is 5. The summed E-state index contributed by atoms with van der Waals surface area (Å²) in [5.74, 6) is 1.59. The standard InChI is InChI=1S/C19H27N3O2/c1-21(12-9-16-5-2-3-10-20-16)17-6-4-11-22(13-17)14-18-7-8-19(15-23)24-18/h2-3,5,7-8,10,17,23H,4,6,9,11-15H2,1H3/t17-/m1/s1. The lowest BCUT2D eigenvalue weighted by atomic mass is 10.0. The zero-order valence-corrected chi connectivity index (χ0v) is 14.4. The minimum Gasteiger partial charge on any atom is -0.462 e. The SMILES string of the molecule is CN(CCc1ccccn1)[C@@H]1CCCN(Cc2ccc(CO)o2)C1. The molecule has 2 aromatic heterocycles. The molecule has 0 amide bonds. The van der Waals surface area contributed by atoms with Crippen LogP contribution in [0.1, 0.15) is 30.1 Å². The van der Waals surface area contributed by atoms with Gasteiger partial charge < -0.3 is 14.4 Å². The summed E-state index contributed by atoms with van der Waals surface area (Å²) in [6.07, 6.45) is 5.31.